The molecular formula is C13H24N2O2. The molecule has 2 saturated heterocycles. The summed E-state index contributed by atoms with van der Waals surface area (Å²) in [6.07, 6.45) is 5.06. The maximum Gasteiger partial charge on any atom is 0.226 e. The molecule has 4 nitrogen and oxygen atoms in total. The molecule has 1 amide bonds. The highest BCUT2D eigenvalue weighted by atomic mass is 16.3. The van der Waals surface area contributed by atoms with Crippen molar-refractivity contribution in [2.75, 3.05) is 19.7 Å². The number of hydrogen-bond acceptors (Lipinski definition) is 3. The lowest BCUT2D eigenvalue weighted by molar-refractivity contribution is -0.141. The van der Waals surface area contributed by atoms with E-state index in [9.17, 15) is 9.90 Å². The van der Waals surface area contributed by atoms with E-state index >= 15 is 0 Å². The van der Waals surface area contributed by atoms with E-state index in [1.165, 1.54) is 0 Å². The van der Waals surface area contributed by atoms with Crippen LogP contribution in [0.5, 0.6) is 0 Å². The van der Waals surface area contributed by atoms with Crippen molar-refractivity contribution < 1.29 is 9.90 Å². The molecule has 3 atom stereocenters. The molecule has 0 aromatic carbocycles. The Kier molecular flexibility index (Phi) is 4.40. The van der Waals surface area contributed by atoms with Crippen molar-refractivity contribution in [3.8, 4) is 0 Å². The van der Waals surface area contributed by atoms with Crippen molar-refractivity contribution in [3.63, 3.8) is 0 Å². The molecule has 2 fully saturated rings. The van der Waals surface area contributed by atoms with Crippen molar-refractivity contribution >= 4 is 5.91 Å². The molecule has 0 saturated carbocycles. The van der Waals surface area contributed by atoms with Gasteiger partial charge in [-0.15, -0.1) is 0 Å². The summed E-state index contributed by atoms with van der Waals surface area (Å²) in [6, 6.07) is 0.511. The molecule has 17 heavy (non-hydrogen) atoms. The lowest BCUT2D eigenvalue weighted by Crippen LogP contribution is -2.50. The maximum atomic E-state index is 12.5. The fourth-order valence-electron chi connectivity index (χ4n) is 3.07. The normalized spacial score (nSPS) is 34.7. The fourth-order valence-corrected chi connectivity index (χ4v) is 3.07. The highest BCUT2D eigenvalue weighted by Gasteiger charge is 2.33. The van der Waals surface area contributed by atoms with Gasteiger partial charge < -0.3 is 15.3 Å². The summed E-state index contributed by atoms with van der Waals surface area (Å²) in [6.45, 7) is 4.03. The molecule has 2 aliphatic rings. The predicted octanol–water partition coefficient (Wildman–Crippen LogP) is 0.748. The van der Waals surface area contributed by atoms with E-state index in [0.29, 0.717) is 6.04 Å². The van der Waals surface area contributed by atoms with E-state index in [4.69, 9.17) is 0 Å². The second kappa shape index (κ2) is 5.83. The summed E-state index contributed by atoms with van der Waals surface area (Å²) in [4.78, 5) is 14.4. The van der Waals surface area contributed by atoms with Crippen LogP contribution in [0, 0.1) is 5.92 Å². The molecule has 0 spiro atoms. The predicted molar refractivity (Wildman–Crippen MR) is 66.6 cm³/mol. The third-order valence-corrected chi connectivity index (χ3v) is 4.09. The molecule has 2 rings (SSSR count). The minimum atomic E-state index is 0.0708. The van der Waals surface area contributed by atoms with Crippen LogP contribution in [0.2, 0.25) is 0 Å². The summed E-state index contributed by atoms with van der Waals surface area (Å²) >= 11 is 0. The van der Waals surface area contributed by atoms with Gasteiger partial charge in [0, 0.05) is 18.5 Å². The number of carbonyl (C=O) groups is 1. The zero-order valence-electron chi connectivity index (χ0n) is 10.7. The minimum absolute atomic E-state index is 0.0708. The Hall–Kier alpha value is -0.610. The SMILES string of the molecule is CC1CC(C(=O)N2CCCCC2CO)CCN1. The van der Waals surface area contributed by atoms with E-state index in [-0.39, 0.29) is 24.5 Å². The summed E-state index contributed by atoms with van der Waals surface area (Å²) < 4.78 is 0. The second-order valence-corrected chi connectivity index (χ2v) is 5.44. The molecule has 3 unspecified atom stereocenters. The monoisotopic (exact) mass is 240 g/mol. The Bertz CT molecular complexity index is 270. The first kappa shape index (κ1) is 12.8. The van der Waals surface area contributed by atoms with E-state index < -0.39 is 0 Å². The highest BCUT2D eigenvalue weighted by molar-refractivity contribution is 5.79. The molecule has 0 aromatic rings. The molecule has 98 valence electrons. The molecule has 2 aliphatic heterocycles. The average Bonchev–Trinajstić information content (AvgIpc) is 2.38. The number of nitrogens with zero attached hydrogens (tertiary/aromatic N) is 1. The van der Waals surface area contributed by atoms with Gasteiger partial charge in [-0.3, -0.25) is 4.79 Å². The van der Waals surface area contributed by atoms with Crippen molar-refractivity contribution in [1.82, 2.24) is 10.2 Å². The molecule has 0 aromatic heterocycles. The van der Waals surface area contributed by atoms with Crippen molar-refractivity contribution in [2.24, 2.45) is 5.92 Å². The van der Waals surface area contributed by atoms with Crippen molar-refractivity contribution in [3.05, 3.63) is 0 Å². The van der Waals surface area contributed by atoms with E-state index in [2.05, 4.69) is 12.2 Å². The Morgan fingerprint density at radius 1 is 1.41 bits per heavy atom. The summed E-state index contributed by atoms with van der Waals surface area (Å²) in [5.74, 6) is 0.440. The maximum absolute atomic E-state index is 12.5. The summed E-state index contributed by atoms with van der Waals surface area (Å²) in [5.41, 5.74) is 0. The molecule has 4 heteroatoms. The number of likely N-dealkylation sites (tertiary alicyclic amines) is 1. The molecule has 0 aliphatic carbocycles. The Morgan fingerprint density at radius 3 is 2.94 bits per heavy atom. The third-order valence-electron chi connectivity index (χ3n) is 4.09. The number of amides is 1. The number of aliphatic hydroxyl groups excluding tert-OH is 1. The second-order valence-electron chi connectivity index (χ2n) is 5.44. The number of piperidine rings is 2. The van der Waals surface area contributed by atoms with Crippen molar-refractivity contribution in [2.45, 2.75) is 51.1 Å². The van der Waals surface area contributed by atoms with Crippen LogP contribution in [-0.2, 0) is 4.79 Å². The van der Waals surface area contributed by atoms with Gasteiger partial charge in [0.2, 0.25) is 5.91 Å². The smallest absolute Gasteiger partial charge is 0.226 e. The van der Waals surface area contributed by atoms with Crippen LogP contribution in [0.4, 0.5) is 0 Å². The minimum Gasteiger partial charge on any atom is -0.394 e. The van der Waals surface area contributed by atoms with Crippen molar-refractivity contribution in [1.29, 1.82) is 0 Å². The molecule has 0 bridgehead atoms. The topological polar surface area (TPSA) is 52.6 Å². The Labute approximate surface area is 103 Å². The number of nitrogens with one attached hydrogen (secondary N) is 1. The number of rotatable bonds is 2. The van der Waals surface area contributed by atoms with Gasteiger partial charge in [0.15, 0.2) is 0 Å². The van der Waals surface area contributed by atoms with Gasteiger partial charge in [-0.1, -0.05) is 0 Å². The molecule has 0 radical (unpaired) electrons. The van der Waals surface area contributed by atoms with Crippen LogP contribution in [0.3, 0.4) is 0 Å². The largest absolute Gasteiger partial charge is 0.394 e. The van der Waals surface area contributed by atoms with Crippen LogP contribution in [0.25, 0.3) is 0 Å². The van der Waals surface area contributed by atoms with Crippen LogP contribution < -0.4 is 5.32 Å². The van der Waals surface area contributed by atoms with Crippen LogP contribution >= 0.6 is 0 Å². The summed E-state index contributed by atoms with van der Waals surface area (Å²) in [7, 11) is 0. The zero-order valence-corrected chi connectivity index (χ0v) is 10.7. The van der Waals surface area contributed by atoms with Gasteiger partial charge in [-0.05, 0) is 45.6 Å². The van der Waals surface area contributed by atoms with Crippen LogP contribution in [0.1, 0.15) is 39.0 Å². The van der Waals surface area contributed by atoms with Gasteiger partial charge in [-0.25, -0.2) is 0 Å². The van der Waals surface area contributed by atoms with Gasteiger partial charge in [0.1, 0.15) is 0 Å². The lowest BCUT2D eigenvalue weighted by Gasteiger charge is -2.38. The van der Waals surface area contributed by atoms with Gasteiger partial charge >= 0.3 is 0 Å². The average molecular weight is 240 g/mol. The first-order chi connectivity index (χ1) is 8.22. The van der Waals surface area contributed by atoms with Crippen LogP contribution in [0.15, 0.2) is 0 Å². The van der Waals surface area contributed by atoms with E-state index in [0.717, 1.165) is 45.2 Å². The van der Waals surface area contributed by atoms with Crippen LogP contribution in [-0.4, -0.2) is 47.7 Å². The number of aliphatic hydroxyl groups is 1. The first-order valence-corrected chi connectivity index (χ1v) is 6.87. The molecule has 2 N–H and O–H groups in total. The highest BCUT2D eigenvalue weighted by Crippen LogP contribution is 2.24. The third kappa shape index (κ3) is 2.99. The van der Waals surface area contributed by atoms with Gasteiger partial charge in [-0.2, -0.15) is 0 Å². The van der Waals surface area contributed by atoms with E-state index in [1.807, 2.05) is 4.90 Å². The standard InChI is InChI=1S/C13H24N2O2/c1-10-8-11(5-6-14-10)13(17)15-7-3-2-4-12(15)9-16/h10-12,14,16H,2-9H2,1H3. The quantitative estimate of drug-likeness (QED) is 0.749. The molecular weight excluding hydrogens is 216 g/mol. The molecule has 2 heterocycles. The Balaban J connectivity index is 1.97. The van der Waals surface area contributed by atoms with E-state index in [1.54, 1.807) is 0 Å². The zero-order chi connectivity index (χ0) is 12.3. The first-order valence-electron chi connectivity index (χ1n) is 6.87. The van der Waals surface area contributed by atoms with Gasteiger partial charge in [0.05, 0.1) is 12.6 Å². The fraction of sp³-hybridized carbons (Fsp3) is 0.923. The Morgan fingerprint density at radius 2 is 2.24 bits per heavy atom. The number of hydrogen-bond donors (Lipinski definition) is 2. The van der Waals surface area contributed by atoms with Gasteiger partial charge in [0.25, 0.3) is 0 Å². The summed E-state index contributed by atoms with van der Waals surface area (Å²) in [5, 5.41) is 12.7. The lowest BCUT2D eigenvalue weighted by atomic mass is 9.90. The number of carbonyl (C=O) groups excluding carboxylic acids is 1.